The van der Waals surface area contributed by atoms with Gasteiger partial charge in [0.2, 0.25) is 5.91 Å². The number of likely N-dealkylation sites (N-methyl/N-ethyl adjacent to an activating group) is 1. The first-order valence-corrected chi connectivity index (χ1v) is 6.99. The van der Waals surface area contributed by atoms with Crippen molar-refractivity contribution in [2.75, 3.05) is 32.1 Å². The molecule has 0 aromatic heterocycles. The van der Waals surface area contributed by atoms with Gasteiger partial charge in [-0.2, -0.15) is 0 Å². The van der Waals surface area contributed by atoms with Crippen LogP contribution in [0.4, 0.5) is 5.69 Å². The summed E-state index contributed by atoms with van der Waals surface area (Å²) in [6, 6.07) is 6.64. The van der Waals surface area contributed by atoms with E-state index in [1.807, 2.05) is 24.0 Å². The molecule has 1 heterocycles. The minimum absolute atomic E-state index is 0.0741. The highest BCUT2D eigenvalue weighted by atomic mass is 16.5. The number of nitrogens with zero attached hydrogens (tertiary/aromatic N) is 1. The molecule has 0 aliphatic carbocycles. The molecule has 0 radical (unpaired) electrons. The molecule has 0 spiro atoms. The molecule has 6 nitrogen and oxygen atoms in total. The van der Waals surface area contributed by atoms with E-state index >= 15 is 0 Å². The van der Waals surface area contributed by atoms with Crippen LogP contribution in [0.2, 0.25) is 0 Å². The van der Waals surface area contributed by atoms with Gasteiger partial charge in [0, 0.05) is 6.54 Å². The summed E-state index contributed by atoms with van der Waals surface area (Å²) in [5, 5.41) is 2.78. The number of hydrogen-bond donors (Lipinski definition) is 1. The van der Waals surface area contributed by atoms with Crippen LogP contribution in [0, 0.1) is 0 Å². The normalized spacial score (nSPS) is 19.0. The Hall–Kier alpha value is -2.08. The molecule has 0 saturated carbocycles. The molecule has 1 aliphatic rings. The average molecular weight is 292 g/mol. The first-order valence-electron chi connectivity index (χ1n) is 6.99. The van der Waals surface area contributed by atoms with Crippen LogP contribution >= 0.6 is 0 Å². The number of carbonyl (C=O) groups is 2. The van der Waals surface area contributed by atoms with Gasteiger partial charge in [-0.25, -0.2) is 0 Å². The Labute approximate surface area is 124 Å². The summed E-state index contributed by atoms with van der Waals surface area (Å²) in [6.07, 6.45) is 0.0741. The molecule has 1 aromatic carbocycles. The Morgan fingerprint density at radius 3 is 2.95 bits per heavy atom. The Morgan fingerprint density at radius 1 is 1.48 bits per heavy atom. The number of rotatable bonds is 5. The number of cyclic esters (lactones) is 1. The fraction of sp³-hybridized carbons (Fsp3) is 0.467. The van der Waals surface area contributed by atoms with Crippen molar-refractivity contribution in [1.82, 2.24) is 4.90 Å². The van der Waals surface area contributed by atoms with Crippen molar-refractivity contribution >= 4 is 17.6 Å². The second-order valence-electron chi connectivity index (χ2n) is 4.76. The topological polar surface area (TPSA) is 67.9 Å². The predicted molar refractivity (Wildman–Crippen MR) is 78.2 cm³/mol. The number of hydrogen-bond acceptors (Lipinski definition) is 5. The van der Waals surface area contributed by atoms with Gasteiger partial charge in [0.1, 0.15) is 18.4 Å². The maximum Gasteiger partial charge on any atom is 0.323 e. The summed E-state index contributed by atoms with van der Waals surface area (Å²) >= 11 is 0. The lowest BCUT2D eigenvalue weighted by Crippen LogP contribution is -2.50. The Kier molecular flexibility index (Phi) is 5.16. The zero-order chi connectivity index (χ0) is 15.2. The third kappa shape index (κ3) is 3.72. The lowest BCUT2D eigenvalue weighted by Gasteiger charge is -2.32. The quantitative estimate of drug-likeness (QED) is 0.828. The van der Waals surface area contributed by atoms with Crippen LogP contribution in [0.5, 0.6) is 5.75 Å². The molecule has 2 rings (SSSR count). The lowest BCUT2D eigenvalue weighted by molar-refractivity contribution is -0.158. The summed E-state index contributed by atoms with van der Waals surface area (Å²) in [6.45, 7) is 3.72. The van der Waals surface area contributed by atoms with Gasteiger partial charge in [0.25, 0.3) is 0 Å². The molecule has 1 aliphatic heterocycles. The number of amides is 1. The number of nitrogens with one attached hydrogen (secondary N) is 1. The summed E-state index contributed by atoms with van der Waals surface area (Å²) < 4.78 is 10.2. The Morgan fingerprint density at radius 2 is 2.24 bits per heavy atom. The van der Waals surface area contributed by atoms with E-state index < -0.39 is 6.04 Å². The first kappa shape index (κ1) is 15.3. The van der Waals surface area contributed by atoms with Crippen molar-refractivity contribution in [3.05, 3.63) is 24.3 Å². The second kappa shape index (κ2) is 7.08. The highest BCUT2D eigenvalue weighted by Crippen LogP contribution is 2.23. The molecule has 6 heteroatoms. The predicted octanol–water partition coefficient (Wildman–Crippen LogP) is 1.27. The van der Waals surface area contributed by atoms with Crippen LogP contribution in [0.3, 0.4) is 0 Å². The molecule has 1 amide bonds. The molecule has 0 bridgehead atoms. The fourth-order valence-corrected chi connectivity index (χ4v) is 2.38. The molecule has 1 fully saturated rings. The van der Waals surface area contributed by atoms with E-state index in [4.69, 9.17) is 9.47 Å². The minimum Gasteiger partial charge on any atom is -0.495 e. The number of para-hydroxylation sites is 2. The number of carbonyl (C=O) groups excluding carboxylic acids is 2. The maximum atomic E-state index is 12.2. The lowest BCUT2D eigenvalue weighted by atomic mass is 10.1. The zero-order valence-electron chi connectivity index (χ0n) is 12.3. The number of methoxy groups -OCH3 is 1. The summed E-state index contributed by atoms with van der Waals surface area (Å²) in [7, 11) is 1.54. The third-order valence-corrected chi connectivity index (χ3v) is 3.50. The van der Waals surface area contributed by atoms with Gasteiger partial charge in [-0.05, 0) is 18.7 Å². The molecule has 1 aromatic rings. The van der Waals surface area contributed by atoms with Crippen molar-refractivity contribution in [3.8, 4) is 5.75 Å². The van der Waals surface area contributed by atoms with Crippen LogP contribution < -0.4 is 10.1 Å². The summed E-state index contributed by atoms with van der Waals surface area (Å²) in [4.78, 5) is 25.9. The van der Waals surface area contributed by atoms with Gasteiger partial charge in [0.05, 0.1) is 19.2 Å². The van der Waals surface area contributed by atoms with Crippen molar-refractivity contribution in [2.24, 2.45) is 0 Å². The summed E-state index contributed by atoms with van der Waals surface area (Å²) in [5.41, 5.74) is 0.595. The SMILES string of the molecule is CCN1CCOC(=O)C1CC(=O)Nc1ccccc1OC. The molecule has 114 valence electrons. The van der Waals surface area contributed by atoms with Crippen molar-refractivity contribution in [1.29, 1.82) is 0 Å². The fourth-order valence-electron chi connectivity index (χ4n) is 2.38. The number of esters is 1. The van der Waals surface area contributed by atoms with Gasteiger partial charge in [0.15, 0.2) is 0 Å². The van der Waals surface area contributed by atoms with Crippen molar-refractivity contribution in [3.63, 3.8) is 0 Å². The van der Waals surface area contributed by atoms with Gasteiger partial charge in [-0.15, -0.1) is 0 Å². The van der Waals surface area contributed by atoms with E-state index in [9.17, 15) is 9.59 Å². The van der Waals surface area contributed by atoms with Crippen molar-refractivity contribution in [2.45, 2.75) is 19.4 Å². The van der Waals surface area contributed by atoms with E-state index in [0.717, 1.165) is 0 Å². The molecule has 1 saturated heterocycles. The van der Waals surface area contributed by atoms with E-state index in [2.05, 4.69) is 5.32 Å². The molecule has 1 N–H and O–H groups in total. The molecular formula is C15H20N2O4. The van der Waals surface area contributed by atoms with Gasteiger partial charge < -0.3 is 14.8 Å². The van der Waals surface area contributed by atoms with E-state index in [0.29, 0.717) is 31.1 Å². The molecule has 1 unspecified atom stereocenters. The third-order valence-electron chi connectivity index (χ3n) is 3.50. The highest BCUT2D eigenvalue weighted by Gasteiger charge is 2.32. The smallest absolute Gasteiger partial charge is 0.323 e. The first-order chi connectivity index (χ1) is 10.2. The second-order valence-corrected chi connectivity index (χ2v) is 4.76. The van der Waals surface area contributed by atoms with Crippen LogP contribution in [0.1, 0.15) is 13.3 Å². The standard InChI is InChI=1S/C15H20N2O4/c1-3-17-8-9-21-15(19)12(17)10-14(18)16-11-6-4-5-7-13(11)20-2/h4-7,12H,3,8-10H2,1-2H3,(H,16,18). The Bertz CT molecular complexity index is 518. The van der Waals surface area contributed by atoms with E-state index in [1.54, 1.807) is 19.2 Å². The van der Waals surface area contributed by atoms with Crippen LogP contribution in [0.15, 0.2) is 24.3 Å². The van der Waals surface area contributed by atoms with Crippen LogP contribution in [0.25, 0.3) is 0 Å². The molecular weight excluding hydrogens is 272 g/mol. The van der Waals surface area contributed by atoms with Gasteiger partial charge in [-0.1, -0.05) is 19.1 Å². The highest BCUT2D eigenvalue weighted by molar-refractivity contribution is 5.95. The summed E-state index contributed by atoms with van der Waals surface area (Å²) in [5.74, 6) is 0.0181. The van der Waals surface area contributed by atoms with Crippen LogP contribution in [-0.4, -0.2) is 49.6 Å². The van der Waals surface area contributed by atoms with Crippen molar-refractivity contribution < 1.29 is 19.1 Å². The number of ether oxygens (including phenoxy) is 2. The maximum absolute atomic E-state index is 12.2. The van der Waals surface area contributed by atoms with E-state index in [1.165, 1.54) is 0 Å². The van der Waals surface area contributed by atoms with Gasteiger partial charge in [-0.3, -0.25) is 14.5 Å². The number of benzene rings is 1. The monoisotopic (exact) mass is 292 g/mol. The molecule has 1 atom stereocenters. The van der Waals surface area contributed by atoms with Crippen LogP contribution in [-0.2, 0) is 14.3 Å². The number of morpholine rings is 1. The average Bonchev–Trinajstić information content (AvgIpc) is 2.49. The van der Waals surface area contributed by atoms with Gasteiger partial charge >= 0.3 is 5.97 Å². The number of anilines is 1. The Balaban J connectivity index is 2.01. The van der Waals surface area contributed by atoms with E-state index in [-0.39, 0.29) is 18.3 Å². The zero-order valence-corrected chi connectivity index (χ0v) is 12.3. The molecule has 21 heavy (non-hydrogen) atoms. The largest absolute Gasteiger partial charge is 0.495 e. The minimum atomic E-state index is -0.515.